The highest BCUT2D eigenvalue weighted by Crippen LogP contribution is 2.17. The van der Waals surface area contributed by atoms with Crippen molar-refractivity contribution in [2.75, 3.05) is 19.7 Å². The third-order valence-corrected chi connectivity index (χ3v) is 3.07. The van der Waals surface area contributed by atoms with Crippen LogP contribution in [0.2, 0.25) is 0 Å². The molecule has 4 nitrogen and oxygen atoms in total. The summed E-state index contributed by atoms with van der Waals surface area (Å²) in [7, 11) is 0. The predicted octanol–water partition coefficient (Wildman–Crippen LogP) is 1.19. The van der Waals surface area contributed by atoms with Crippen LogP contribution in [0.1, 0.15) is 25.8 Å². The maximum Gasteiger partial charge on any atom is 0.0534 e. The van der Waals surface area contributed by atoms with Crippen molar-refractivity contribution >= 4 is 0 Å². The molecule has 0 aliphatic carbocycles. The molecule has 0 fully saturated rings. The lowest BCUT2D eigenvalue weighted by Crippen LogP contribution is -2.35. The van der Waals surface area contributed by atoms with E-state index in [1.165, 1.54) is 5.56 Å². The first-order valence-electron chi connectivity index (χ1n) is 5.90. The van der Waals surface area contributed by atoms with Gasteiger partial charge in [0, 0.05) is 31.3 Å². The zero-order valence-corrected chi connectivity index (χ0v) is 10.5. The second kappa shape index (κ2) is 6.01. The molecule has 0 spiro atoms. The van der Waals surface area contributed by atoms with E-state index >= 15 is 0 Å². The molecule has 0 amide bonds. The monoisotopic (exact) mass is 225 g/mol. The third-order valence-electron chi connectivity index (χ3n) is 3.07. The van der Waals surface area contributed by atoms with Crippen LogP contribution in [0, 0.1) is 12.3 Å². The van der Waals surface area contributed by atoms with E-state index in [0.717, 1.165) is 26.1 Å². The minimum Gasteiger partial charge on any atom is -0.396 e. The smallest absolute Gasteiger partial charge is 0.0534 e. The molecule has 0 aliphatic rings. The number of hydrogen-bond acceptors (Lipinski definition) is 3. The summed E-state index contributed by atoms with van der Waals surface area (Å²) in [5.41, 5.74) is 1.19. The molecular weight excluding hydrogens is 202 g/mol. The molecule has 2 N–H and O–H groups in total. The summed E-state index contributed by atoms with van der Waals surface area (Å²) in [6, 6.07) is 0. The fourth-order valence-electron chi connectivity index (χ4n) is 1.47. The van der Waals surface area contributed by atoms with Crippen LogP contribution in [0.4, 0.5) is 0 Å². The molecule has 1 aromatic heterocycles. The highest BCUT2D eigenvalue weighted by atomic mass is 16.3. The topological polar surface area (TPSA) is 50.1 Å². The Hall–Kier alpha value is -0.870. The van der Waals surface area contributed by atoms with Crippen LogP contribution in [0.25, 0.3) is 0 Å². The second-order valence-corrected chi connectivity index (χ2v) is 4.78. The standard InChI is InChI=1S/C12H23N3O/c1-4-12(3,10-16)9-13-5-6-15-8-11(2)7-14-15/h7-8,13,16H,4-6,9-10H2,1-3H3. The van der Waals surface area contributed by atoms with Crippen molar-refractivity contribution in [1.82, 2.24) is 15.1 Å². The zero-order valence-electron chi connectivity index (χ0n) is 10.5. The minimum absolute atomic E-state index is 0.0000328. The first-order chi connectivity index (χ1) is 7.59. The van der Waals surface area contributed by atoms with E-state index in [2.05, 4.69) is 24.3 Å². The molecule has 0 aliphatic heterocycles. The Labute approximate surface area is 97.7 Å². The van der Waals surface area contributed by atoms with E-state index < -0.39 is 0 Å². The van der Waals surface area contributed by atoms with Gasteiger partial charge in [-0.2, -0.15) is 5.10 Å². The number of aliphatic hydroxyl groups is 1. The average Bonchev–Trinajstić information content (AvgIpc) is 2.70. The number of aromatic nitrogens is 2. The van der Waals surface area contributed by atoms with Gasteiger partial charge in [0.05, 0.1) is 12.7 Å². The quantitative estimate of drug-likeness (QED) is 0.685. The van der Waals surface area contributed by atoms with Crippen LogP contribution in [-0.4, -0.2) is 34.6 Å². The Morgan fingerprint density at radius 2 is 2.31 bits per heavy atom. The van der Waals surface area contributed by atoms with Gasteiger partial charge in [-0.1, -0.05) is 13.8 Å². The number of rotatable bonds is 7. The molecule has 0 saturated heterocycles. The molecule has 1 rings (SSSR count). The van der Waals surface area contributed by atoms with E-state index in [9.17, 15) is 5.11 Å². The van der Waals surface area contributed by atoms with E-state index in [1.54, 1.807) is 0 Å². The lowest BCUT2D eigenvalue weighted by atomic mass is 9.89. The normalized spacial score (nSPS) is 15.0. The summed E-state index contributed by atoms with van der Waals surface area (Å²) < 4.78 is 1.94. The van der Waals surface area contributed by atoms with Gasteiger partial charge in [0.25, 0.3) is 0 Å². The number of nitrogens with zero attached hydrogens (tertiary/aromatic N) is 2. The summed E-state index contributed by atoms with van der Waals surface area (Å²) in [4.78, 5) is 0. The van der Waals surface area contributed by atoms with Gasteiger partial charge in [0.2, 0.25) is 0 Å². The maximum atomic E-state index is 9.25. The first kappa shape index (κ1) is 13.2. The van der Waals surface area contributed by atoms with E-state index in [4.69, 9.17) is 0 Å². The van der Waals surface area contributed by atoms with Gasteiger partial charge >= 0.3 is 0 Å². The van der Waals surface area contributed by atoms with Gasteiger partial charge in [-0.25, -0.2) is 0 Å². The van der Waals surface area contributed by atoms with E-state index in [1.807, 2.05) is 24.0 Å². The molecule has 16 heavy (non-hydrogen) atoms. The summed E-state index contributed by atoms with van der Waals surface area (Å²) in [6.07, 6.45) is 4.88. The van der Waals surface area contributed by atoms with Crippen LogP contribution in [0.5, 0.6) is 0 Å². The van der Waals surface area contributed by atoms with Crippen molar-refractivity contribution in [3.8, 4) is 0 Å². The highest BCUT2D eigenvalue weighted by molar-refractivity contribution is 4.99. The molecule has 0 saturated carbocycles. The van der Waals surface area contributed by atoms with Crippen molar-refractivity contribution in [1.29, 1.82) is 0 Å². The Morgan fingerprint density at radius 1 is 1.56 bits per heavy atom. The molecule has 1 heterocycles. The number of aryl methyl sites for hydroxylation is 1. The Bertz CT molecular complexity index is 305. The molecule has 1 unspecified atom stereocenters. The van der Waals surface area contributed by atoms with E-state index in [0.29, 0.717) is 0 Å². The first-order valence-corrected chi connectivity index (χ1v) is 5.90. The summed E-state index contributed by atoms with van der Waals surface area (Å²) in [5.74, 6) is 0. The third kappa shape index (κ3) is 3.94. The van der Waals surface area contributed by atoms with Gasteiger partial charge in [0.1, 0.15) is 0 Å². The van der Waals surface area contributed by atoms with Gasteiger partial charge < -0.3 is 10.4 Å². The Morgan fingerprint density at radius 3 is 2.81 bits per heavy atom. The lowest BCUT2D eigenvalue weighted by Gasteiger charge is -2.25. The fourth-order valence-corrected chi connectivity index (χ4v) is 1.47. The Balaban J connectivity index is 2.21. The lowest BCUT2D eigenvalue weighted by molar-refractivity contribution is 0.135. The largest absolute Gasteiger partial charge is 0.396 e. The average molecular weight is 225 g/mol. The van der Waals surface area contributed by atoms with Crippen LogP contribution >= 0.6 is 0 Å². The van der Waals surface area contributed by atoms with Crippen molar-refractivity contribution < 1.29 is 5.11 Å². The number of hydrogen-bond donors (Lipinski definition) is 2. The zero-order chi connectivity index (χ0) is 12.0. The van der Waals surface area contributed by atoms with Crippen molar-refractivity contribution in [3.63, 3.8) is 0 Å². The molecule has 4 heteroatoms. The number of nitrogens with one attached hydrogen (secondary N) is 1. The molecule has 0 radical (unpaired) electrons. The second-order valence-electron chi connectivity index (χ2n) is 4.78. The van der Waals surface area contributed by atoms with Crippen LogP contribution in [-0.2, 0) is 6.54 Å². The van der Waals surface area contributed by atoms with Crippen molar-refractivity contribution in [3.05, 3.63) is 18.0 Å². The molecule has 1 atom stereocenters. The van der Waals surface area contributed by atoms with Gasteiger partial charge in [0.15, 0.2) is 0 Å². The van der Waals surface area contributed by atoms with Gasteiger partial charge in [-0.15, -0.1) is 0 Å². The van der Waals surface area contributed by atoms with Gasteiger partial charge in [-0.3, -0.25) is 4.68 Å². The minimum atomic E-state index is 0.0000328. The number of aliphatic hydroxyl groups excluding tert-OH is 1. The summed E-state index contributed by atoms with van der Waals surface area (Å²) in [6.45, 7) is 9.08. The Kier molecular flexibility index (Phi) is 4.96. The predicted molar refractivity (Wildman–Crippen MR) is 65.3 cm³/mol. The molecule has 0 aromatic carbocycles. The molecule has 1 aromatic rings. The molecular formula is C12H23N3O. The SMILES string of the molecule is CCC(C)(CO)CNCCn1cc(C)cn1. The van der Waals surface area contributed by atoms with Crippen LogP contribution in [0.15, 0.2) is 12.4 Å². The van der Waals surface area contributed by atoms with Gasteiger partial charge in [-0.05, 0) is 18.9 Å². The van der Waals surface area contributed by atoms with Crippen LogP contribution < -0.4 is 5.32 Å². The van der Waals surface area contributed by atoms with Crippen molar-refractivity contribution in [2.45, 2.75) is 33.7 Å². The fraction of sp³-hybridized carbons (Fsp3) is 0.750. The summed E-state index contributed by atoms with van der Waals surface area (Å²) >= 11 is 0. The molecule has 92 valence electrons. The summed E-state index contributed by atoms with van der Waals surface area (Å²) in [5, 5.41) is 16.8. The van der Waals surface area contributed by atoms with Crippen molar-refractivity contribution in [2.24, 2.45) is 5.41 Å². The van der Waals surface area contributed by atoms with Crippen LogP contribution in [0.3, 0.4) is 0 Å². The van der Waals surface area contributed by atoms with E-state index in [-0.39, 0.29) is 12.0 Å². The molecule has 0 bridgehead atoms. The maximum absolute atomic E-state index is 9.25. The highest BCUT2D eigenvalue weighted by Gasteiger charge is 2.19.